The van der Waals surface area contributed by atoms with E-state index in [-0.39, 0.29) is 11.9 Å². The van der Waals surface area contributed by atoms with Gasteiger partial charge in [0.05, 0.1) is 0 Å². The minimum absolute atomic E-state index is 0.0299. The predicted octanol–water partition coefficient (Wildman–Crippen LogP) is 2.52. The number of amides is 3. The van der Waals surface area contributed by atoms with Crippen molar-refractivity contribution in [2.24, 2.45) is 5.92 Å². The summed E-state index contributed by atoms with van der Waals surface area (Å²) in [4.78, 5) is 27.4. The third-order valence-electron chi connectivity index (χ3n) is 4.10. The van der Waals surface area contributed by atoms with E-state index in [0.717, 1.165) is 37.4 Å². The number of nitrogens with one attached hydrogen (secondary N) is 2. The fourth-order valence-corrected chi connectivity index (χ4v) is 2.73. The van der Waals surface area contributed by atoms with Crippen LogP contribution in [0, 0.1) is 5.92 Å². The summed E-state index contributed by atoms with van der Waals surface area (Å²) in [5.74, 6) is 0.521. The molecule has 0 bridgehead atoms. The van der Waals surface area contributed by atoms with Crippen molar-refractivity contribution in [2.75, 3.05) is 42.9 Å². The Morgan fingerprint density at radius 2 is 1.88 bits per heavy atom. The first kappa shape index (κ1) is 18.1. The molecule has 0 aliphatic carbocycles. The molecule has 0 saturated carbocycles. The maximum atomic E-state index is 12.1. The largest absolute Gasteiger partial charge is 0.368 e. The molecular formula is C18H28N4O2. The fraction of sp³-hybridized carbons (Fsp3) is 0.556. The SMILES string of the molecule is CC(=O)Nc1cccc(N2CCN(C(=O)NCCC(C)C)CC2)c1. The maximum Gasteiger partial charge on any atom is 0.317 e. The van der Waals surface area contributed by atoms with Crippen molar-refractivity contribution in [1.29, 1.82) is 0 Å². The minimum Gasteiger partial charge on any atom is -0.368 e. The van der Waals surface area contributed by atoms with Crippen LogP contribution in [0.1, 0.15) is 27.2 Å². The van der Waals surface area contributed by atoms with Crippen molar-refractivity contribution < 1.29 is 9.59 Å². The summed E-state index contributed by atoms with van der Waals surface area (Å²) in [5, 5.41) is 5.79. The second kappa shape index (κ2) is 8.57. The number of anilines is 2. The van der Waals surface area contributed by atoms with Gasteiger partial charge in [-0.3, -0.25) is 4.79 Å². The van der Waals surface area contributed by atoms with Crippen LogP contribution < -0.4 is 15.5 Å². The van der Waals surface area contributed by atoms with E-state index in [4.69, 9.17) is 0 Å². The first-order valence-electron chi connectivity index (χ1n) is 8.61. The van der Waals surface area contributed by atoms with Gasteiger partial charge in [0.25, 0.3) is 0 Å². The summed E-state index contributed by atoms with van der Waals surface area (Å²) in [6.07, 6.45) is 1.00. The van der Waals surface area contributed by atoms with Crippen LogP contribution in [0.25, 0.3) is 0 Å². The molecule has 1 aliphatic rings. The van der Waals surface area contributed by atoms with Crippen LogP contribution in [-0.2, 0) is 4.79 Å². The molecule has 2 rings (SSSR count). The summed E-state index contributed by atoms with van der Waals surface area (Å²) < 4.78 is 0. The van der Waals surface area contributed by atoms with E-state index >= 15 is 0 Å². The molecule has 24 heavy (non-hydrogen) atoms. The number of urea groups is 1. The molecule has 0 unspecified atom stereocenters. The van der Waals surface area contributed by atoms with Gasteiger partial charge in [0, 0.05) is 51.0 Å². The van der Waals surface area contributed by atoms with Gasteiger partial charge in [-0.2, -0.15) is 0 Å². The molecule has 1 aromatic carbocycles. The second-order valence-corrected chi connectivity index (χ2v) is 6.62. The van der Waals surface area contributed by atoms with Gasteiger partial charge in [-0.1, -0.05) is 19.9 Å². The summed E-state index contributed by atoms with van der Waals surface area (Å²) in [6.45, 7) is 9.54. The topological polar surface area (TPSA) is 64.7 Å². The maximum absolute atomic E-state index is 12.1. The fourth-order valence-electron chi connectivity index (χ4n) is 2.73. The zero-order valence-corrected chi connectivity index (χ0v) is 14.8. The molecule has 3 amide bonds. The highest BCUT2D eigenvalue weighted by atomic mass is 16.2. The lowest BCUT2D eigenvalue weighted by Gasteiger charge is -2.36. The van der Waals surface area contributed by atoms with Gasteiger partial charge in [-0.05, 0) is 30.5 Å². The molecule has 0 radical (unpaired) electrons. The second-order valence-electron chi connectivity index (χ2n) is 6.62. The highest BCUT2D eigenvalue weighted by Gasteiger charge is 2.21. The number of benzene rings is 1. The van der Waals surface area contributed by atoms with Crippen molar-refractivity contribution in [1.82, 2.24) is 10.2 Å². The van der Waals surface area contributed by atoms with Gasteiger partial charge in [-0.15, -0.1) is 0 Å². The van der Waals surface area contributed by atoms with Crippen molar-refractivity contribution in [3.8, 4) is 0 Å². The van der Waals surface area contributed by atoms with E-state index < -0.39 is 0 Å². The van der Waals surface area contributed by atoms with Crippen LogP contribution in [-0.4, -0.2) is 49.6 Å². The quantitative estimate of drug-likeness (QED) is 0.871. The number of piperazine rings is 1. The molecule has 6 heteroatoms. The van der Waals surface area contributed by atoms with Gasteiger partial charge in [-0.25, -0.2) is 4.79 Å². The normalized spacial score (nSPS) is 14.7. The highest BCUT2D eigenvalue weighted by molar-refractivity contribution is 5.89. The van der Waals surface area contributed by atoms with Crippen molar-refractivity contribution in [3.05, 3.63) is 24.3 Å². The van der Waals surface area contributed by atoms with Crippen molar-refractivity contribution in [3.63, 3.8) is 0 Å². The molecule has 1 fully saturated rings. The molecule has 132 valence electrons. The predicted molar refractivity (Wildman–Crippen MR) is 97.4 cm³/mol. The van der Waals surface area contributed by atoms with E-state index in [1.54, 1.807) is 0 Å². The van der Waals surface area contributed by atoms with Crippen LogP contribution in [0.3, 0.4) is 0 Å². The lowest BCUT2D eigenvalue weighted by molar-refractivity contribution is -0.114. The Labute approximate surface area is 144 Å². The van der Waals surface area contributed by atoms with E-state index in [9.17, 15) is 9.59 Å². The third-order valence-corrected chi connectivity index (χ3v) is 4.10. The Hall–Kier alpha value is -2.24. The number of carbonyl (C=O) groups excluding carboxylic acids is 2. The van der Waals surface area contributed by atoms with Gasteiger partial charge in [0.2, 0.25) is 5.91 Å². The highest BCUT2D eigenvalue weighted by Crippen LogP contribution is 2.21. The molecule has 1 aliphatic heterocycles. The number of nitrogens with zero attached hydrogens (tertiary/aromatic N) is 2. The minimum atomic E-state index is -0.0740. The van der Waals surface area contributed by atoms with Gasteiger partial charge in [0.1, 0.15) is 0 Å². The zero-order valence-electron chi connectivity index (χ0n) is 14.8. The number of hydrogen-bond donors (Lipinski definition) is 2. The Balaban J connectivity index is 1.84. The lowest BCUT2D eigenvalue weighted by Crippen LogP contribution is -2.52. The van der Waals surface area contributed by atoms with Gasteiger partial charge < -0.3 is 20.4 Å². The molecule has 0 atom stereocenters. The first-order valence-corrected chi connectivity index (χ1v) is 8.61. The van der Waals surface area contributed by atoms with Crippen molar-refractivity contribution >= 4 is 23.3 Å². The molecule has 0 spiro atoms. The summed E-state index contributed by atoms with van der Waals surface area (Å²) >= 11 is 0. The average molecular weight is 332 g/mol. The van der Waals surface area contributed by atoms with Crippen LogP contribution >= 0.6 is 0 Å². The summed E-state index contributed by atoms with van der Waals surface area (Å²) in [5.41, 5.74) is 1.87. The monoisotopic (exact) mass is 332 g/mol. The van der Waals surface area contributed by atoms with Crippen LogP contribution in [0.15, 0.2) is 24.3 Å². The van der Waals surface area contributed by atoms with E-state index in [1.165, 1.54) is 6.92 Å². The average Bonchev–Trinajstić information content (AvgIpc) is 2.54. The molecule has 1 saturated heterocycles. The molecule has 1 heterocycles. The summed E-state index contributed by atoms with van der Waals surface area (Å²) in [7, 11) is 0. The van der Waals surface area contributed by atoms with Gasteiger partial charge in [0.15, 0.2) is 0 Å². The standard InChI is InChI=1S/C18H28N4O2/c1-14(2)7-8-19-18(24)22-11-9-21(10-12-22)17-6-4-5-16(13-17)20-15(3)23/h4-6,13-14H,7-12H2,1-3H3,(H,19,24)(H,20,23). The van der Waals surface area contributed by atoms with Crippen LogP contribution in [0.2, 0.25) is 0 Å². The smallest absolute Gasteiger partial charge is 0.317 e. The molecular weight excluding hydrogens is 304 g/mol. The first-order chi connectivity index (χ1) is 11.5. The lowest BCUT2D eigenvalue weighted by atomic mass is 10.1. The number of hydrogen-bond acceptors (Lipinski definition) is 3. The van der Waals surface area contributed by atoms with Gasteiger partial charge >= 0.3 is 6.03 Å². The molecule has 2 N–H and O–H groups in total. The van der Waals surface area contributed by atoms with E-state index in [2.05, 4.69) is 29.4 Å². The Kier molecular flexibility index (Phi) is 6.46. The Bertz CT molecular complexity index is 566. The van der Waals surface area contributed by atoms with Crippen molar-refractivity contribution in [2.45, 2.75) is 27.2 Å². The molecule has 6 nitrogen and oxygen atoms in total. The number of rotatable bonds is 5. The Morgan fingerprint density at radius 1 is 1.17 bits per heavy atom. The van der Waals surface area contributed by atoms with Crippen LogP contribution in [0.5, 0.6) is 0 Å². The third kappa shape index (κ3) is 5.44. The molecule has 1 aromatic rings. The zero-order chi connectivity index (χ0) is 17.5. The van der Waals surface area contributed by atoms with E-state index in [0.29, 0.717) is 19.0 Å². The summed E-state index contributed by atoms with van der Waals surface area (Å²) in [6, 6.07) is 7.85. The van der Waals surface area contributed by atoms with Crippen LogP contribution in [0.4, 0.5) is 16.2 Å². The number of carbonyl (C=O) groups is 2. The Morgan fingerprint density at radius 3 is 2.50 bits per heavy atom. The molecule has 0 aromatic heterocycles. The van der Waals surface area contributed by atoms with E-state index in [1.807, 2.05) is 29.2 Å².